The van der Waals surface area contributed by atoms with Gasteiger partial charge in [-0.25, -0.2) is 8.42 Å². The van der Waals surface area contributed by atoms with Crippen LogP contribution in [-0.4, -0.2) is 13.0 Å². The van der Waals surface area contributed by atoms with Crippen molar-refractivity contribution in [2.75, 3.05) is 0 Å². The molecule has 17 heavy (non-hydrogen) atoms. The van der Waals surface area contributed by atoms with E-state index in [1.54, 1.807) is 0 Å². The van der Waals surface area contributed by atoms with Gasteiger partial charge < -0.3 is 4.74 Å². The molecular weight excluding hydrogens is 240 g/mol. The monoisotopic (exact) mass is 252 g/mol. The van der Waals surface area contributed by atoms with E-state index in [9.17, 15) is 0 Å². The predicted octanol–water partition coefficient (Wildman–Crippen LogP) is 2.55. The molecular formula is C12H12O4S. The van der Waals surface area contributed by atoms with Crippen LogP contribution in [0.15, 0.2) is 60.7 Å². The van der Waals surface area contributed by atoms with Gasteiger partial charge in [-0.1, -0.05) is 36.4 Å². The van der Waals surface area contributed by atoms with Crippen molar-refractivity contribution in [1.29, 1.82) is 0 Å². The fraction of sp³-hybridized carbons (Fsp3) is 0. The van der Waals surface area contributed by atoms with Crippen molar-refractivity contribution in [2.24, 2.45) is 0 Å². The third kappa shape index (κ3) is 6.34. The lowest BCUT2D eigenvalue weighted by molar-refractivity contribution is 0.482. The van der Waals surface area contributed by atoms with Crippen molar-refractivity contribution < 1.29 is 17.7 Å². The van der Waals surface area contributed by atoms with E-state index in [-0.39, 0.29) is 0 Å². The molecule has 0 spiro atoms. The molecule has 0 amide bonds. The Morgan fingerprint density at radius 2 is 1.06 bits per heavy atom. The van der Waals surface area contributed by atoms with Crippen LogP contribution < -0.4 is 4.74 Å². The Bertz CT molecular complexity index is 449. The van der Waals surface area contributed by atoms with Crippen LogP contribution in [0, 0.1) is 0 Å². The van der Waals surface area contributed by atoms with E-state index in [0.717, 1.165) is 11.5 Å². The number of para-hydroxylation sites is 2. The molecule has 1 N–H and O–H groups in total. The second-order valence-corrected chi connectivity index (χ2v) is 3.44. The number of hydrogen-bond acceptors (Lipinski definition) is 3. The van der Waals surface area contributed by atoms with Crippen LogP contribution in [0.25, 0.3) is 0 Å². The van der Waals surface area contributed by atoms with E-state index < -0.39 is 11.0 Å². The summed E-state index contributed by atoms with van der Waals surface area (Å²) in [5.41, 5.74) is 0. The summed E-state index contributed by atoms with van der Waals surface area (Å²) in [7, 11) is -3.12. The minimum absolute atomic E-state index is 0.869. The van der Waals surface area contributed by atoms with Gasteiger partial charge in [0.05, 0.1) is 0 Å². The van der Waals surface area contributed by atoms with Gasteiger partial charge in [0, 0.05) is 0 Å². The molecule has 2 rings (SSSR count). The molecule has 5 heteroatoms. The topological polar surface area (TPSA) is 63.6 Å². The zero-order valence-corrected chi connectivity index (χ0v) is 9.79. The fourth-order valence-corrected chi connectivity index (χ4v) is 1.11. The highest BCUT2D eigenvalue weighted by molar-refractivity contribution is 7.66. The molecule has 0 aliphatic heterocycles. The first-order valence-electron chi connectivity index (χ1n) is 4.79. The molecule has 0 saturated heterocycles. The van der Waals surface area contributed by atoms with E-state index in [1.807, 2.05) is 60.7 Å². The van der Waals surface area contributed by atoms with Crippen molar-refractivity contribution in [3.05, 3.63) is 60.7 Å². The molecule has 0 radical (unpaired) electrons. The van der Waals surface area contributed by atoms with Gasteiger partial charge in [0.1, 0.15) is 11.5 Å². The van der Waals surface area contributed by atoms with Gasteiger partial charge in [-0.15, -0.1) is 0 Å². The number of ether oxygens (including phenoxy) is 1. The van der Waals surface area contributed by atoms with Gasteiger partial charge in [0.2, 0.25) is 0 Å². The Kier molecular flexibility index (Phi) is 5.77. The third-order valence-corrected chi connectivity index (χ3v) is 1.72. The summed E-state index contributed by atoms with van der Waals surface area (Å²) in [4.78, 5) is 0. The minimum Gasteiger partial charge on any atom is -0.457 e. The zero-order valence-electron chi connectivity index (χ0n) is 8.89. The SMILES string of the molecule is O=[SH](=O)O.c1ccc(Oc2ccccc2)cc1. The maximum atomic E-state index is 8.59. The smallest absolute Gasteiger partial charge is 0.254 e. The van der Waals surface area contributed by atoms with Crippen molar-refractivity contribution in [3.63, 3.8) is 0 Å². The van der Waals surface area contributed by atoms with Gasteiger partial charge >= 0.3 is 0 Å². The van der Waals surface area contributed by atoms with Gasteiger partial charge in [0.15, 0.2) is 0 Å². The second-order valence-electron chi connectivity index (χ2n) is 2.97. The predicted molar refractivity (Wildman–Crippen MR) is 65.9 cm³/mol. The summed E-state index contributed by atoms with van der Waals surface area (Å²) in [5, 5.41) is 0. The number of thiol groups is 1. The molecule has 4 nitrogen and oxygen atoms in total. The Hall–Kier alpha value is -1.85. The average molecular weight is 252 g/mol. The maximum absolute atomic E-state index is 8.59. The second kappa shape index (κ2) is 7.43. The lowest BCUT2D eigenvalue weighted by Crippen LogP contribution is -1.81. The molecule has 0 aliphatic carbocycles. The quantitative estimate of drug-likeness (QED) is 0.637. The van der Waals surface area contributed by atoms with Crippen LogP contribution in [0.3, 0.4) is 0 Å². The highest BCUT2D eigenvalue weighted by Crippen LogP contribution is 2.19. The fourth-order valence-electron chi connectivity index (χ4n) is 1.11. The Morgan fingerprint density at radius 1 is 0.765 bits per heavy atom. The average Bonchev–Trinajstić information content (AvgIpc) is 2.31. The highest BCUT2D eigenvalue weighted by atomic mass is 32.2. The lowest BCUT2D eigenvalue weighted by atomic mass is 10.3. The molecule has 0 bridgehead atoms. The Balaban J connectivity index is 0.000000317. The summed E-state index contributed by atoms with van der Waals surface area (Å²) in [6.07, 6.45) is 0. The van der Waals surface area contributed by atoms with Crippen LogP contribution in [0.4, 0.5) is 0 Å². The summed E-state index contributed by atoms with van der Waals surface area (Å²) in [5.74, 6) is 1.74. The first-order valence-corrected chi connectivity index (χ1v) is 5.93. The molecule has 0 heterocycles. The number of rotatable bonds is 2. The summed E-state index contributed by atoms with van der Waals surface area (Å²) < 4.78 is 29.8. The highest BCUT2D eigenvalue weighted by Gasteiger charge is 1.92. The molecule has 0 aliphatic rings. The summed E-state index contributed by atoms with van der Waals surface area (Å²) in [6, 6.07) is 19.5. The molecule has 0 aromatic heterocycles. The zero-order chi connectivity index (χ0) is 12.5. The molecule has 0 saturated carbocycles. The number of hydrogen-bond donors (Lipinski definition) is 2. The van der Waals surface area contributed by atoms with Crippen molar-refractivity contribution in [3.8, 4) is 11.5 Å². The minimum atomic E-state index is -3.12. The molecule has 0 unspecified atom stereocenters. The van der Waals surface area contributed by atoms with Crippen molar-refractivity contribution in [1.82, 2.24) is 0 Å². The van der Waals surface area contributed by atoms with Crippen molar-refractivity contribution in [2.45, 2.75) is 0 Å². The van der Waals surface area contributed by atoms with Crippen LogP contribution >= 0.6 is 0 Å². The normalized spacial score (nSPS) is 9.29. The first-order chi connectivity index (χ1) is 8.18. The van der Waals surface area contributed by atoms with E-state index in [4.69, 9.17) is 17.7 Å². The third-order valence-electron chi connectivity index (χ3n) is 1.72. The number of benzene rings is 2. The van der Waals surface area contributed by atoms with Gasteiger partial charge in [-0.05, 0) is 24.3 Å². The standard InChI is InChI=1S/C12H10O.H2O3S/c1-3-7-11(8-4-1)13-12-9-5-2-6-10-12;1-4(2)3/h1-10H;4H,(H,1,2,3). The first kappa shape index (κ1) is 13.2. The molecule has 0 fully saturated rings. The van der Waals surface area contributed by atoms with Crippen LogP contribution in [0.2, 0.25) is 0 Å². The van der Waals surface area contributed by atoms with E-state index >= 15 is 0 Å². The van der Waals surface area contributed by atoms with Gasteiger partial charge in [-0.3, -0.25) is 4.55 Å². The van der Waals surface area contributed by atoms with E-state index in [1.165, 1.54) is 0 Å². The molecule has 0 atom stereocenters. The van der Waals surface area contributed by atoms with Gasteiger partial charge in [0.25, 0.3) is 11.0 Å². The van der Waals surface area contributed by atoms with Crippen molar-refractivity contribution >= 4 is 11.0 Å². The Morgan fingerprint density at radius 3 is 1.35 bits per heavy atom. The van der Waals surface area contributed by atoms with E-state index in [2.05, 4.69) is 0 Å². The van der Waals surface area contributed by atoms with E-state index in [0.29, 0.717) is 0 Å². The molecule has 90 valence electrons. The summed E-state index contributed by atoms with van der Waals surface area (Å²) >= 11 is 0. The summed E-state index contributed by atoms with van der Waals surface area (Å²) in [6.45, 7) is 0. The molecule has 2 aromatic rings. The van der Waals surface area contributed by atoms with Crippen LogP contribution in [-0.2, 0) is 11.0 Å². The molecule has 2 aromatic carbocycles. The maximum Gasteiger partial charge on any atom is 0.254 e. The van der Waals surface area contributed by atoms with Crippen LogP contribution in [0.5, 0.6) is 11.5 Å². The largest absolute Gasteiger partial charge is 0.457 e. The lowest BCUT2D eigenvalue weighted by Gasteiger charge is -2.03. The van der Waals surface area contributed by atoms with Crippen LogP contribution in [0.1, 0.15) is 0 Å². The van der Waals surface area contributed by atoms with Gasteiger partial charge in [-0.2, -0.15) is 0 Å². The Labute approximate surface area is 101 Å².